The first kappa shape index (κ1) is 14.3. The Hall–Kier alpha value is -1.16. The highest BCUT2D eigenvalue weighted by Gasteiger charge is 2.42. The predicted molar refractivity (Wildman–Crippen MR) is 75.9 cm³/mol. The normalized spacial score (nSPS) is 17.5. The summed E-state index contributed by atoms with van der Waals surface area (Å²) in [6, 6.07) is 2.41. The van der Waals surface area contributed by atoms with Crippen molar-refractivity contribution in [2.75, 3.05) is 6.54 Å². The fraction of sp³-hybridized carbons (Fsp3) is 0.733. The fourth-order valence-electron chi connectivity index (χ4n) is 2.89. The van der Waals surface area contributed by atoms with E-state index in [9.17, 15) is 4.79 Å². The Morgan fingerprint density at radius 1 is 1.47 bits per heavy atom. The van der Waals surface area contributed by atoms with Crippen LogP contribution in [0.25, 0.3) is 0 Å². The average Bonchev–Trinajstić information content (AvgIpc) is 2.78. The first-order valence-corrected chi connectivity index (χ1v) is 7.42. The Morgan fingerprint density at radius 2 is 2.16 bits per heavy atom. The molecule has 2 N–H and O–H groups in total. The molecular weight excluding hydrogens is 238 g/mol. The zero-order chi connectivity index (χ0) is 13.9. The van der Waals surface area contributed by atoms with E-state index in [1.807, 2.05) is 16.9 Å². The van der Waals surface area contributed by atoms with Crippen molar-refractivity contribution in [2.45, 2.75) is 58.4 Å². The van der Waals surface area contributed by atoms with Crippen molar-refractivity contribution in [2.24, 2.45) is 11.1 Å². The van der Waals surface area contributed by atoms with E-state index in [0.717, 1.165) is 37.8 Å². The third-order valence-corrected chi connectivity index (χ3v) is 4.61. The van der Waals surface area contributed by atoms with Gasteiger partial charge in [0.2, 0.25) is 0 Å². The Labute approximate surface area is 115 Å². The van der Waals surface area contributed by atoms with Gasteiger partial charge in [-0.15, -0.1) is 0 Å². The van der Waals surface area contributed by atoms with Crippen LogP contribution in [0.5, 0.6) is 0 Å². The fourth-order valence-corrected chi connectivity index (χ4v) is 2.89. The summed E-state index contributed by atoms with van der Waals surface area (Å²) < 4.78 is 2.00. The van der Waals surface area contributed by atoms with Crippen LogP contribution in [0.15, 0.2) is 12.3 Å². The molecule has 1 aliphatic rings. The molecule has 2 rings (SSSR count). The molecule has 0 unspecified atom stereocenters. The van der Waals surface area contributed by atoms with Gasteiger partial charge in [-0.3, -0.25) is 9.48 Å². The van der Waals surface area contributed by atoms with Crippen LogP contribution in [0.2, 0.25) is 0 Å². The van der Waals surface area contributed by atoms with Gasteiger partial charge in [0.1, 0.15) is 5.78 Å². The van der Waals surface area contributed by atoms with E-state index in [1.54, 1.807) is 0 Å². The van der Waals surface area contributed by atoms with Crippen LogP contribution < -0.4 is 5.73 Å². The van der Waals surface area contributed by atoms with Gasteiger partial charge in [-0.05, 0) is 31.7 Å². The highest BCUT2D eigenvalue weighted by molar-refractivity contribution is 5.87. The first-order chi connectivity index (χ1) is 9.15. The molecule has 1 aliphatic carbocycles. The van der Waals surface area contributed by atoms with E-state index in [0.29, 0.717) is 19.0 Å². The molecule has 4 nitrogen and oxygen atoms in total. The number of Topliss-reactive ketones (excluding diaryl/α,β-unsaturated/α-hetero) is 1. The number of aromatic nitrogens is 2. The molecule has 0 amide bonds. The van der Waals surface area contributed by atoms with Gasteiger partial charge in [0, 0.05) is 18.2 Å². The van der Waals surface area contributed by atoms with Gasteiger partial charge in [0.15, 0.2) is 0 Å². The minimum Gasteiger partial charge on any atom is -0.329 e. The molecule has 0 spiro atoms. The molecule has 0 atom stereocenters. The van der Waals surface area contributed by atoms with Crippen LogP contribution >= 0.6 is 0 Å². The lowest BCUT2D eigenvalue weighted by atomic mass is 9.65. The number of hydrogen-bond donors (Lipinski definition) is 1. The molecule has 0 bridgehead atoms. The Kier molecular flexibility index (Phi) is 4.40. The monoisotopic (exact) mass is 263 g/mol. The summed E-state index contributed by atoms with van der Waals surface area (Å²) in [7, 11) is 0. The average molecular weight is 263 g/mol. The van der Waals surface area contributed by atoms with Crippen molar-refractivity contribution < 1.29 is 4.79 Å². The van der Waals surface area contributed by atoms with Crippen molar-refractivity contribution >= 4 is 5.78 Å². The second-order valence-electron chi connectivity index (χ2n) is 5.70. The highest BCUT2D eigenvalue weighted by Crippen LogP contribution is 2.41. The summed E-state index contributed by atoms with van der Waals surface area (Å²) in [5.41, 5.74) is 6.42. The summed E-state index contributed by atoms with van der Waals surface area (Å²) in [5.74, 6) is 0.274. The molecule has 19 heavy (non-hydrogen) atoms. The molecule has 0 aliphatic heterocycles. The molecule has 0 radical (unpaired) electrons. The molecule has 1 fully saturated rings. The summed E-state index contributed by atoms with van der Waals surface area (Å²) in [4.78, 5) is 12.3. The quantitative estimate of drug-likeness (QED) is 0.822. The Morgan fingerprint density at radius 3 is 2.63 bits per heavy atom. The molecule has 1 heterocycles. The summed E-state index contributed by atoms with van der Waals surface area (Å²) in [6.45, 7) is 4.82. The number of rotatable bonds is 7. The van der Waals surface area contributed by atoms with Gasteiger partial charge >= 0.3 is 0 Å². The highest BCUT2D eigenvalue weighted by atomic mass is 16.1. The molecule has 4 heteroatoms. The zero-order valence-electron chi connectivity index (χ0n) is 12.1. The molecule has 1 aromatic rings. The number of hydrogen-bond acceptors (Lipinski definition) is 3. The number of carbonyl (C=O) groups is 1. The lowest BCUT2D eigenvalue weighted by molar-refractivity contribution is -0.132. The van der Waals surface area contributed by atoms with E-state index in [2.05, 4.69) is 18.9 Å². The molecule has 0 saturated heterocycles. The van der Waals surface area contributed by atoms with E-state index in [4.69, 9.17) is 5.73 Å². The lowest BCUT2D eigenvalue weighted by Crippen LogP contribution is -2.45. The maximum atomic E-state index is 12.3. The Balaban J connectivity index is 2.02. The smallest absolute Gasteiger partial charge is 0.146 e. The van der Waals surface area contributed by atoms with Crippen molar-refractivity contribution in [3.8, 4) is 0 Å². The molecular formula is C15H25N3O. The number of ketones is 1. The molecule has 0 aromatic carbocycles. The van der Waals surface area contributed by atoms with Crippen molar-refractivity contribution in [3.05, 3.63) is 18.0 Å². The topological polar surface area (TPSA) is 60.9 Å². The third-order valence-electron chi connectivity index (χ3n) is 4.61. The second kappa shape index (κ2) is 5.87. The first-order valence-electron chi connectivity index (χ1n) is 7.42. The van der Waals surface area contributed by atoms with E-state index in [-0.39, 0.29) is 11.2 Å². The van der Waals surface area contributed by atoms with Gasteiger partial charge in [0.05, 0.1) is 18.2 Å². The maximum absolute atomic E-state index is 12.3. The lowest BCUT2D eigenvalue weighted by Gasteiger charge is -2.39. The maximum Gasteiger partial charge on any atom is 0.146 e. The van der Waals surface area contributed by atoms with Crippen LogP contribution in [-0.4, -0.2) is 22.1 Å². The molecule has 1 saturated carbocycles. The summed E-state index contributed by atoms with van der Waals surface area (Å²) >= 11 is 0. The molecule has 106 valence electrons. The third kappa shape index (κ3) is 2.73. The van der Waals surface area contributed by atoms with Gasteiger partial charge in [0.25, 0.3) is 0 Å². The van der Waals surface area contributed by atoms with E-state index < -0.39 is 0 Å². The second-order valence-corrected chi connectivity index (χ2v) is 5.70. The van der Waals surface area contributed by atoms with Gasteiger partial charge in [-0.2, -0.15) is 5.10 Å². The van der Waals surface area contributed by atoms with Crippen LogP contribution in [0, 0.1) is 5.41 Å². The van der Waals surface area contributed by atoms with Crippen LogP contribution in [-0.2, 0) is 11.2 Å². The zero-order valence-corrected chi connectivity index (χ0v) is 12.1. The number of carbonyl (C=O) groups excluding carboxylic acids is 1. The number of nitrogens with zero attached hydrogens (tertiary/aromatic N) is 2. The minimum atomic E-state index is -0.237. The van der Waals surface area contributed by atoms with Crippen LogP contribution in [0.4, 0.5) is 0 Å². The van der Waals surface area contributed by atoms with Gasteiger partial charge in [-0.1, -0.05) is 20.3 Å². The largest absolute Gasteiger partial charge is 0.329 e. The van der Waals surface area contributed by atoms with Crippen LogP contribution in [0.3, 0.4) is 0 Å². The van der Waals surface area contributed by atoms with E-state index in [1.165, 1.54) is 0 Å². The SMILES string of the molecule is CCC(CC)n1ccc(CC(=O)C2(CN)CCC2)n1. The minimum absolute atomic E-state index is 0.237. The summed E-state index contributed by atoms with van der Waals surface area (Å²) in [6.07, 6.45) is 7.60. The van der Waals surface area contributed by atoms with Gasteiger partial charge in [-0.25, -0.2) is 0 Å². The predicted octanol–water partition coefficient (Wildman–Crippen LogP) is 2.48. The molecule has 1 aromatic heterocycles. The van der Waals surface area contributed by atoms with Crippen molar-refractivity contribution in [1.29, 1.82) is 0 Å². The number of nitrogens with two attached hydrogens (primary N) is 1. The standard InChI is InChI=1S/C15H25N3O/c1-3-13(4-2)18-9-6-12(17-18)10-14(19)15(11-16)7-5-8-15/h6,9,13H,3-5,7-8,10-11,16H2,1-2H3. The summed E-state index contributed by atoms with van der Waals surface area (Å²) in [5, 5.41) is 4.55. The van der Waals surface area contributed by atoms with E-state index >= 15 is 0 Å². The van der Waals surface area contributed by atoms with Crippen molar-refractivity contribution in [1.82, 2.24) is 9.78 Å². The van der Waals surface area contributed by atoms with Crippen molar-refractivity contribution in [3.63, 3.8) is 0 Å². The Bertz CT molecular complexity index is 425. The van der Waals surface area contributed by atoms with Crippen LogP contribution in [0.1, 0.15) is 57.7 Å². The van der Waals surface area contributed by atoms with Gasteiger partial charge < -0.3 is 5.73 Å².